The summed E-state index contributed by atoms with van der Waals surface area (Å²) in [4.78, 5) is 0. The van der Waals surface area contributed by atoms with Crippen LogP contribution in [0.2, 0.25) is 0 Å². The van der Waals surface area contributed by atoms with Crippen molar-refractivity contribution >= 4 is 0 Å². The molecule has 0 aromatic rings. The smallest absolute Gasteiger partial charge is 0.425 e. The van der Waals surface area contributed by atoms with E-state index in [2.05, 4.69) is 0 Å². The second-order valence-corrected chi connectivity index (χ2v) is 1.21. The Hall–Kier alpha value is 1.56. The molecule has 0 rings (SSSR count). The molecule has 3 N–H and O–H groups in total. The summed E-state index contributed by atoms with van der Waals surface area (Å²) in [6.45, 7) is 2.13. The van der Waals surface area contributed by atoms with Gasteiger partial charge in [0.1, 0.15) is 0 Å². The maximum Gasteiger partial charge on any atom is 1.00 e. The minimum Gasteiger partial charge on any atom is -0.425 e. The molecule has 0 aliphatic rings. The van der Waals surface area contributed by atoms with Crippen LogP contribution in [-0.2, 0) is 0 Å². The molecule has 0 bridgehead atoms. The fourth-order valence-electron chi connectivity index (χ4n) is 0.197. The van der Waals surface area contributed by atoms with Gasteiger partial charge in [-0.2, -0.15) is 0 Å². The first-order valence-corrected chi connectivity index (χ1v) is 1.99. The maximum atomic E-state index is 8.42. The van der Waals surface area contributed by atoms with E-state index in [-0.39, 0.29) is 64.9 Å². The van der Waals surface area contributed by atoms with E-state index in [1.165, 1.54) is 0 Å². The Labute approximate surface area is 94.3 Å². The van der Waals surface area contributed by atoms with E-state index in [0.29, 0.717) is 6.54 Å². The van der Waals surface area contributed by atoms with Gasteiger partial charge >= 0.3 is 51.4 Å². The number of nitrogens with two attached hydrogens (primary N) is 1. The van der Waals surface area contributed by atoms with Crippen molar-refractivity contribution in [1.29, 1.82) is 0 Å². The number of aliphatic hydroxyl groups is 1. The van der Waals surface area contributed by atoms with Gasteiger partial charge in [-0.05, 0) is 0 Å². The van der Waals surface area contributed by atoms with Crippen molar-refractivity contribution in [2.75, 3.05) is 6.54 Å². The van der Waals surface area contributed by atoms with Crippen molar-refractivity contribution in [1.82, 2.24) is 0 Å². The maximum absolute atomic E-state index is 8.42. The first kappa shape index (κ1) is 16.3. The first-order chi connectivity index (χ1) is 2.77. The number of aliphatic hydroxyl groups excluding tert-OH is 1. The fraction of sp³-hybridized carbons (Fsp3) is 0.600. The molecule has 0 spiro atoms. The molecule has 0 aromatic heterocycles. The van der Waals surface area contributed by atoms with Gasteiger partial charge < -0.3 is 18.3 Å². The van der Waals surface area contributed by atoms with E-state index in [9.17, 15) is 0 Å². The zero-order valence-electron chi connectivity index (χ0n) is 5.89. The van der Waals surface area contributed by atoms with E-state index >= 15 is 0 Å². The van der Waals surface area contributed by atoms with Gasteiger partial charge in [-0.3, -0.25) is 6.42 Å². The van der Waals surface area contributed by atoms with Crippen LogP contribution >= 0.6 is 0 Å². The zero-order chi connectivity index (χ0) is 4.99. The zero-order valence-corrected chi connectivity index (χ0v) is 9.01. The first-order valence-electron chi connectivity index (χ1n) is 1.99. The molecular formula is C5H13KNO-. The second-order valence-electron chi connectivity index (χ2n) is 1.21. The van der Waals surface area contributed by atoms with Crippen molar-refractivity contribution in [2.45, 2.75) is 13.0 Å². The molecule has 3 heteroatoms. The van der Waals surface area contributed by atoms with Crippen LogP contribution in [0.25, 0.3) is 0 Å². The fourth-order valence-corrected chi connectivity index (χ4v) is 0.197. The van der Waals surface area contributed by atoms with E-state index < -0.39 is 0 Å². The third-order valence-corrected chi connectivity index (χ3v) is 0.477. The number of rotatable bonds is 2. The summed E-state index contributed by atoms with van der Waals surface area (Å²) >= 11 is 0. The van der Waals surface area contributed by atoms with Crippen LogP contribution in [0, 0.1) is 13.8 Å². The van der Waals surface area contributed by atoms with E-state index in [0.717, 1.165) is 0 Å². The van der Waals surface area contributed by atoms with Gasteiger partial charge in [-0.15, -0.1) is 6.54 Å². The molecule has 0 aliphatic heterocycles. The summed E-state index contributed by atoms with van der Waals surface area (Å²) in [5, 5.41) is 8.42. The molecule has 8 heavy (non-hydrogen) atoms. The van der Waals surface area contributed by atoms with Gasteiger partial charge in [0.2, 0.25) is 0 Å². The minimum atomic E-state index is -0.352. The molecule has 0 heterocycles. The standard InChI is InChI=1S/C4H10NO.CH3.K/c1-4(6)2-3-5;;/h2,4,6H,3,5H2,1H3;1H3;/q2*-1;+1. The van der Waals surface area contributed by atoms with Gasteiger partial charge in [0.25, 0.3) is 0 Å². The SMILES string of the molecule is CC(O)[CH-]CN.[CH3-].[K+]. The van der Waals surface area contributed by atoms with Crippen LogP contribution in [0.4, 0.5) is 0 Å². The third kappa shape index (κ3) is 15.6. The Bertz CT molecular complexity index is 33.6. The Kier molecular flexibility index (Phi) is 23.1. The van der Waals surface area contributed by atoms with Crippen LogP contribution in [0.3, 0.4) is 0 Å². The molecule has 0 saturated heterocycles. The molecule has 0 fully saturated rings. The Morgan fingerprint density at radius 2 is 2.12 bits per heavy atom. The predicted octanol–water partition coefficient (Wildman–Crippen LogP) is -3.02. The predicted molar refractivity (Wildman–Crippen MR) is 31.4 cm³/mol. The summed E-state index contributed by atoms with van der Waals surface area (Å²) in [5.41, 5.74) is 5.01. The van der Waals surface area contributed by atoms with Crippen molar-refractivity contribution < 1.29 is 56.5 Å². The van der Waals surface area contributed by atoms with Crippen molar-refractivity contribution in [3.05, 3.63) is 13.8 Å². The average Bonchev–Trinajstić information content (AvgIpc) is 1.35. The van der Waals surface area contributed by atoms with Crippen molar-refractivity contribution in [2.24, 2.45) is 5.73 Å². The molecule has 2 nitrogen and oxygen atoms in total. The van der Waals surface area contributed by atoms with Gasteiger partial charge in [0.15, 0.2) is 0 Å². The van der Waals surface area contributed by atoms with Crippen molar-refractivity contribution in [3.63, 3.8) is 0 Å². The molecule has 0 radical (unpaired) electrons. The van der Waals surface area contributed by atoms with Gasteiger partial charge in [-0.25, -0.2) is 0 Å². The van der Waals surface area contributed by atoms with E-state index in [4.69, 9.17) is 10.8 Å². The molecule has 0 aromatic carbocycles. The van der Waals surface area contributed by atoms with Crippen LogP contribution < -0.4 is 57.1 Å². The normalized spacial score (nSPS) is 10.9. The van der Waals surface area contributed by atoms with Gasteiger partial charge in [0.05, 0.1) is 0 Å². The van der Waals surface area contributed by atoms with Crippen LogP contribution in [0.5, 0.6) is 0 Å². The van der Waals surface area contributed by atoms with E-state index in [1.807, 2.05) is 0 Å². The summed E-state index contributed by atoms with van der Waals surface area (Å²) in [6.07, 6.45) is 1.27. The molecule has 46 valence electrons. The summed E-state index contributed by atoms with van der Waals surface area (Å²) in [7, 11) is 0. The summed E-state index contributed by atoms with van der Waals surface area (Å²) in [6, 6.07) is 0. The molecule has 1 atom stereocenters. The second kappa shape index (κ2) is 11.4. The Morgan fingerprint density at radius 3 is 2.12 bits per heavy atom. The number of hydrogen-bond acceptors (Lipinski definition) is 2. The number of hydrogen-bond donors (Lipinski definition) is 2. The molecule has 1 unspecified atom stereocenters. The van der Waals surface area contributed by atoms with Gasteiger partial charge in [-0.1, -0.05) is 13.0 Å². The van der Waals surface area contributed by atoms with Crippen LogP contribution in [0.15, 0.2) is 0 Å². The molecular weight excluding hydrogens is 129 g/mol. The molecule has 0 aliphatic carbocycles. The minimum absolute atomic E-state index is 0. The third-order valence-electron chi connectivity index (χ3n) is 0.477. The average molecular weight is 142 g/mol. The summed E-state index contributed by atoms with van der Waals surface area (Å²) in [5.74, 6) is 0. The molecule has 0 amide bonds. The van der Waals surface area contributed by atoms with E-state index in [1.54, 1.807) is 13.3 Å². The Morgan fingerprint density at radius 1 is 1.75 bits per heavy atom. The Balaban J connectivity index is -0.000000125. The van der Waals surface area contributed by atoms with Crippen LogP contribution in [0.1, 0.15) is 6.92 Å². The molecule has 0 saturated carbocycles. The van der Waals surface area contributed by atoms with Gasteiger partial charge in [0, 0.05) is 0 Å². The largest absolute Gasteiger partial charge is 1.00 e. The monoisotopic (exact) mass is 142 g/mol. The topological polar surface area (TPSA) is 46.2 Å². The summed E-state index contributed by atoms with van der Waals surface area (Å²) < 4.78 is 0. The van der Waals surface area contributed by atoms with Crippen LogP contribution in [-0.4, -0.2) is 17.8 Å². The quantitative estimate of drug-likeness (QED) is 0.318. The van der Waals surface area contributed by atoms with Crippen molar-refractivity contribution in [3.8, 4) is 0 Å².